The van der Waals surface area contributed by atoms with Crippen molar-refractivity contribution in [1.29, 1.82) is 0 Å². The molecule has 2 aromatic heterocycles. The zero-order valence-electron chi connectivity index (χ0n) is 12.1. The smallest absolute Gasteiger partial charge is 0.220 e. The first-order valence-corrected chi connectivity index (χ1v) is 8.59. The lowest BCUT2D eigenvalue weighted by Crippen LogP contribution is -2.02. The van der Waals surface area contributed by atoms with Crippen LogP contribution in [-0.4, -0.2) is 30.6 Å². The van der Waals surface area contributed by atoms with Crippen LogP contribution in [0.4, 0.5) is 11.6 Å². The number of nitrogens with zero attached hydrogens (tertiary/aromatic N) is 4. The van der Waals surface area contributed by atoms with E-state index in [1.54, 1.807) is 12.1 Å². The van der Waals surface area contributed by atoms with Crippen LogP contribution in [0.25, 0.3) is 11.1 Å². The van der Waals surface area contributed by atoms with Crippen molar-refractivity contribution in [2.24, 2.45) is 0 Å². The number of aromatic nitrogens is 4. The minimum atomic E-state index is -1.25. The Morgan fingerprint density at radius 3 is 2.61 bits per heavy atom. The lowest BCUT2D eigenvalue weighted by Gasteiger charge is -2.08. The highest BCUT2D eigenvalue weighted by atomic mass is 35.5. The van der Waals surface area contributed by atoms with E-state index >= 15 is 0 Å². The summed E-state index contributed by atoms with van der Waals surface area (Å²) in [7, 11) is -1.25. The highest BCUT2D eigenvalue weighted by Gasteiger charge is 2.09. The van der Waals surface area contributed by atoms with Crippen molar-refractivity contribution in [2.75, 3.05) is 11.6 Å². The average molecular weight is 346 g/mol. The van der Waals surface area contributed by atoms with Gasteiger partial charge in [-0.25, -0.2) is 9.97 Å². The maximum atomic E-state index is 11.4. The van der Waals surface area contributed by atoms with Gasteiger partial charge in [-0.2, -0.15) is 0 Å². The van der Waals surface area contributed by atoms with Crippen LogP contribution < -0.4 is 5.32 Å². The Morgan fingerprint density at radius 1 is 1.09 bits per heavy atom. The monoisotopic (exact) mass is 345 g/mol. The molecule has 0 amide bonds. The fraction of sp³-hybridized carbons (Fsp3) is 0.0667. The second kappa shape index (κ2) is 6.80. The molecular weight excluding hydrogens is 334 g/mol. The predicted molar refractivity (Wildman–Crippen MR) is 90.1 cm³/mol. The van der Waals surface area contributed by atoms with E-state index in [9.17, 15) is 4.21 Å². The van der Waals surface area contributed by atoms with Crippen LogP contribution in [0.3, 0.4) is 0 Å². The van der Waals surface area contributed by atoms with Gasteiger partial charge in [-0.3, -0.25) is 4.21 Å². The van der Waals surface area contributed by atoms with Crippen LogP contribution >= 0.6 is 11.6 Å². The van der Waals surface area contributed by atoms with Crippen LogP contribution in [0.1, 0.15) is 0 Å². The van der Waals surface area contributed by atoms with Crippen molar-refractivity contribution >= 4 is 34.0 Å². The molecule has 0 aliphatic carbocycles. The molecule has 1 unspecified atom stereocenters. The van der Waals surface area contributed by atoms with Crippen LogP contribution in [0.2, 0.25) is 5.15 Å². The topological polar surface area (TPSA) is 80.7 Å². The fourth-order valence-electron chi connectivity index (χ4n) is 1.94. The zero-order chi connectivity index (χ0) is 16.2. The first-order valence-electron chi connectivity index (χ1n) is 6.65. The molecule has 0 saturated heterocycles. The molecule has 0 bridgehead atoms. The number of nitrogens with one attached hydrogen (secondary N) is 1. The van der Waals surface area contributed by atoms with Crippen LogP contribution in [-0.2, 0) is 10.8 Å². The maximum Gasteiger partial charge on any atom is 0.220 e. The summed E-state index contributed by atoms with van der Waals surface area (Å²) in [6.45, 7) is 0. The van der Waals surface area contributed by atoms with Crippen molar-refractivity contribution in [3.63, 3.8) is 0 Å². The first kappa shape index (κ1) is 15.5. The molecular formula is C15H12ClN5OS. The van der Waals surface area contributed by atoms with Gasteiger partial charge in [-0.05, 0) is 17.7 Å². The normalized spacial score (nSPS) is 11.9. The average Bonchev–Trinajstić information content (AvgIpc) is 2.57. The van der Waals surface area contributed by atoms with E-state index in [4.69, 9.17) is 11.6 Å². The molecule has 0 fully saturated rings. The molecule has 6 nitrogen and oxygen atoms in total. The molecule has 0 aliphatic heterocycles. The molecule has 0 aliphatic rings. The lowest BCUT2D eigenvalue weighted by molar-refractivity contribution is 0.680. The molecule has 1 aromatic carbocycles. The van der Waals surface area contributed by atoms with Gasteiger partial charge in [0.25, 0.3) is 0 Å². The third-order valence-corrected chi connectivity index (χ3v) is 3.97. The van der Waals surface area contributed by atoms with E-state index in [0.717, 1.165) is 11.1 Å². The van der Waals surface area contributed by atoms with Gasteiger partial charge in [0, 0.05) is 18.0 Å². The molecule has 1 N–H and O–H groups in total. The molecule has 0 radical (unpaired) electrons. The second-order valence-corrected chi connectivity index (χ2v) is 6.24. The molecule has 116 valence electrons. The van der Waals surface area contributed by atoms with Gasteiger partial charge >= 0.3 is 0 Å². The van der Waals surface area contributed by atoms with Gasteiger partial charge in [-0.1, -0.05) is 41.9 Å². The zero-order valence-corrected chi connectivity index (χ0v) is 13.7. The largest absolute Gasteiger partial charge is 0.323 e. The Morgan fingerprint density at radius 2 is 1.87 bits per heavy atom. The highest BCUT2D eigenvalue weighted by Crippen LogP contribution is 2.28. The van der Waals surface area contributed by atoms with Crippen LogP contribution in [0.15, 0.2) is 53.8 Å². The summed E-state index contributed by atoms with van der Waals surface area (Å²) in [5.74, 6) is 0.973. The van der Waals surface area contributed by atoms with Gasteiger partial charge in [0.1, 0.15) is 5.82 Å². The van der Waals surface area contributed by atoms with Gasteiger partial charge in [0.15, 0.2) is 11.0 Å². The number of hydrogen-bond acceptors (Lipinski definition) is 6. The molecule has 0 saturated carbocycles. The standard InChI is InChI=1S/C15H12ClN5OS/c1-23(22)15-17-8-7-12(19-15)18-13-9-11(14(16)21-20-13)10-5-3-2-4-6-10/h2-9H,1H3,(H,17,18,19,20). The summed E-state index contributed by atoms with van der Waals surface area (Å²) < 4.78 is 11.4. The maximum absolute atomic E-state index is 11.4. The van der Waals surface area contributed by atoms with Crippen molar-refractivity contribution in [2.45, 2.75) is 5.16 Å². The Labute approximate surface area is 140 Å². The molecule has 1 atom stereocenters. The summed E-state index contributed by atoms with van der Waals surface area (Å²) in [6, 6.07) is 13.1. The number of halogens is 1. The van der Waals surface area contributed by atoms with E-state index in [0.29, 0.717) is 16.8 Å². The fourth-order valence-corrected chi connectivity index (χ4v) is 2.58. The summed E-state index contributed by atoms with van der Waals surface area (Å²) in [6.07, 6.45) is 3.06. The van der Waals surface area contributed by atoms with Gasteiger partial charge in [0.05, 0.1) is 10.8 Å². The Balaban J connectivity index is 1.93. The third-order valence-electron chi connectivity index (χ3n) is 2.98. The Bertz CT molecular complexity index is 859. The minimum Gasteiger partial charge on any atom is -0.323 e. The van der Waals surface area contributed by atoms with Gasteiger partial charge in [0.2, 0.25) is 5.16 Å². The van der Waals surface area contributed by atoms with Crippen molar-refractivity contribution in [1.82, 2.24) is 20.2 Å². The van der Waals surface area contributed by atoms with E-state index in [1.807, 2.05) is 30.3 Å². The number of rotatable bonds is 4. The third kappa shape index (κ3) is 3.69. The van der Waals surface area contributed by atoms with Crippen LogP contribution in [0.5, 0.6) is 0 Å². The lowest BCUT2D eigenvalue weighted by atomic mass is 10.1. The molecule has 0 spiro atoms. The number of anilines is 2. The predicted octanol–water partition coefficient (Wildman–Crippen LogP) is 3.07. The highest BCUT2D eigenvalue weighted by molar-refractivity contribution is 7.84. The van der Waals surface area contributed by atoms with Crippen molar-refractivity contribution in [3.05, 3.63) is 53.8 Å². The van der Waals surface area contributed by atoms with E-state index < -0.39 is 10.8 Å². The minimum absolute atomic E-state index is 0.250. The second-order valence-electron chi connectivity index (χ2n) is 4.60. The molecule has 8 heteroatoms. The van der Waals surface area contributed by atoms with Gasteiger partial charge < -0.3 is 5.32 Å². The molecule has 23 heavy (non-hydrogen) atoms. The Kier molecular flexibility index (Phi) is 4.59. The van der Waals surface area contributed by atoms with E-state index in [2.05, 4.69) is 25.5 Å². The van der Waals surface area contributed by atoms with Gasteiger partial charge in [-0.15, -0.1) is 10.2 Å². The Hall–Kier alpha value is -2.38. The summed E-state index contributed by atoms with van der Waals surface area (Å²) in [5.41, 5.74) is 1.70. The SMILES string of the molecule is CS(=O)c1nccc(Nc2cc(-c3ccccc3)c(Cl)nn2)n1. The summed E-state index contributed by atoms with van der Waals surface area (Å²) in [5, 5.41) is 11.6. The van der Waals surface area contributed by atoms with E-state index in [-0.39, 0.29) is 5.16 Å². The number of benzene rings is 1. The summed E-state index contributed by atoms with van der Waals surface area (Å²) >= 11 is 6.13. The van der Waals surface area contributed by atoms with Crippen molar-refractivity contribution < 1.29 is 4.21 Å². The van der Waals surface area contributed by atoms with E-state index in [1.165, 1.54) is 12.5 Å². The van der Waals surface area contributed by atoms with Crippen molar-refractivity contribution in [3.8, 4) is 11.1 Å². The molecule has 3 rings (SSSR count). The summed E-state index contributed by atoms with van der Waals surface area (Å²) in [4.78, 5) is 8.12. The van der Waals surface area contributed by atoms with Crippen LogP contribution in [0, 0.1) is 0 Å². The first-order chi connectivity index (χ1) is 11.1. The quantitative estimate of drug-likeness (QED) is 0.732. The number of hydrogen-bond donors (Lipinski definition) is 1. The molecule has 3 aromatic rings. The molecule has 2 heterocycles.